The van der Waals surface area contributed by atoms with E-state index >= 15 is 0 Å². The van der Waals surface area contributed by atoms with Gasteiger partial charge in [-0.1, -0.05) is 108 Å². The van der Waals surface area contributed by atoms with Crippen molar-refractivity contribution >= 4 is 53.6 Å². The van der Waals surface area contributed by atoms with Gasteiger partial charge in [-0.3, -0.25) is 9.59 Å². The number of urea groups is 2. The number of Topliss-reactive ketones (excluding diaryl/α,β-unsaturated/α-hetero) is 1. The van der Waals surface area contributed by atoms with Crippen LogP contribution in [0.1, 0.15) is 219 Å². The number of alkyl carbamates (subject to hydrolysis) is 1. The number of esters is 2. The molecule has 0 spiro atoms. The van der Waals surface area contributed by atoms with Gasteiger partial charge in [-0.15, -0.1) is 0 Å². The topological polar surface area (TPSA) is 351 Å². The molecule has 3 aromatic carbocycles. The van der Waals surface area contributed by atoms with Gasteiger partial charge in [-0.25, -0.2) is 28.8 Å². The number of hydrogen-bond donors (Lipinski definition) is 7. The summed E-state index contributed by atoms with van der Waals surface area (Å²) < 4.78 is 39.7. The predicted octanol–water partition coefficient (Wildman–Crippen LogP) is 10.6. The molecule has 6 amide bonds. The quantitative estimate of drug-likeness (QED) is 0.00555. The normalized spacial score (nSPS) is 14.9. The number of nitrogens with one attached hydrogen (secondary N) is 6. The molecule has 0 radical (unpaired) electrons. The van der Waals surface area contributed by atoms with Crippen LogP contribution in [0, 0.1) is 5.92 Å². The van der Waals surface area contributed by atoms with Crippen LogP contribution in [0.4, 0.5) is 14.4 Å². The molecule has 0 aliphatic heterocycles. The summed E-state index contributed by atoms with van der Waals surface area (Å²) in [5.41, 5.74) is 3.05. The Morgan fingerprint density at radius 2 is 0.948 bits per heavy atom. The SMILES string of the molecule is CC(=O)C[C@H](NC(=O)N[C@H](C(=O)OC(C)(C)C)C(C)OC(C)(C)C)/C(N)=N/OC(=O)[C@@H](C)COC(C)(C)C.CC[C@H](NC(=O)OC(C)(C)C)c1nc([C@H](CC(=O)NC(c2ccccc2)(c2ccccc2)c2ccccc2)NC(=O)N[C@H](C(=O)OC(C)(C)C)C(C)OC(C)(C)C)no1. The highest BCUT2D eigenvalue weighted by atomic mass is 16.7. The van der Waals surface area contributed by atoms with Gasteiger partial charge < -0.3 is 75.4 Å². The smallest absolute Gasteiger partial charge is 0.408 e. The Labute approximate surface area is 572 Å². The molecule has 0 fully saturated rings. The second-order valence-electron chi connectivity index (χ2n) is 29.6. The first-order chi connectivity index (χ1) is 44.6. The summed E-state index contributed by atoms with van der Waals surface area (Å²) >= 11 is 0. The van der Waals surface area contributed by atoms with Gasteiger partial charge in [0.05, 0.1) is 54.0 Å². The third-order valence-electron chi connectivity index (χ3n) is 13.3. The molecular weight excluding hydrogens is 1250 g/mol. The maximum absolute atomic E-state index is 14.6. The van der Waals surface area contributed by atoms with Gasteiger partial charge in [0.1, 0.15) is 40.2 Å². The minimum Gasteiger partial charge on any atom is -0.458 e. The first-order valence-corrected chi connectivity index (χ1v) is 32.5. The molecule has 538 valence electrons. The average molecular weight is 1360 g/mol. The van der Waals surface area contributed by atoms with Gasteiger partial charge in [-0.05, 0) is 175 Å². The Kier molecular flexibility index (Phi) is 30.4. The molecule has 0 saturated carbocycles. The van der Waals surface area contributed by atoms with Crippen molar-refractivity contribution in [2.45, 2.75) is 260 Å². The van der Waals surface area contributed by atoms with Crippen LogP contribution in [-0.2, 0) is 62.8 Å². The van der Waals surface area contributed by atoms with E-state index in [1.807, 2.05) is 160 Å². The highest BCUT2D eigenvalue weighted by molar-refractivity contribution is 5.95. The number of carbonyl (C=O) groups excluding carboxylic acids is 8. The van der Waals surface area contributed by atoms with Crippen LogP contribution >= 0.6 is 0 Å². The molecule has 4 rings (SSSR count). The molecule has 8 N–H and O–H groups in total. The van der Waals surface area contributed by atoms with Gasteiger partial charge in [0.25, 0.3) is 0 Å². The lowest BCUT2D eigenvalue weighted by atomic mass is 9.77. The van der Waals surface area contributed by atoms with Gasteiger partial charge in [-0.2, -0.15) is 4.98 Å². The second kappa shape index (κ2) is 35.7. The Morgan fingerprint density at radius 1 is 0.526 bits per heavy atom. The van der Waals surface area contributed by atoms with Crippen molar-refractivity contribution in [1.29, 1.82) is 0 Å². The highest BCUT2D eigenvalue weighted by Gasteiger charge is 2.41. The monoisotopic (exact) mass is 1360 g/mol. The zero-order valence-corrected chi connectivity index (χ0v) is 61.1. The summed E-state index contributed by atoms with van der Waals surface area (Å²) in [5, 5.41) is 24.4. The van der Waals surface area contributed by atoms with Crippen LogP contribution in [-0.4, -0.2) is 134 Å². The molecule has 0 saturated heterocycles. The van der Waals surface area contributed by atoms with Crippen molar-refractivity contribution in [2.24, 2.45) is 16.8 Å². The number of carbonyl (C=O) groups is 8. The number of ether oxygens (including phenoxy) is 6. The highest BCUT2D eigenvalue weighted by Crippen LogP contribution is 2.37. The summed E-state index contributed by atoms with van der Waals surface area (Å²) in [7, 11) is 0. The van der Waals surface area contributed by atoms with Gasteiger partial charge in [0.15, 0.2) is 23.7 Å². The third kappa shape index (κ3) is 30.2. The Morgan fingerprint density at radius 3 is 1.33 bits per heavy atom. The van der Waals surface area contributed by atoms with Crippen LogP contribution in [0.25, 0.3) is 0 Å². The fourth-order valence-corrected chi connectivity index (χ4v) is 9.36. The molecule has 8 atom stereocenters. The number of rotatable bonds is 27. The van der Waals surface area contributed by atoms with Crippen LogP contribution < -0.4 is 37.6 Å². The lowest BCUT2D eigenvalue weighted by Gasteiger charge is -2.37. The zero-order valence-electron chi connectivity index (χ0n) is 61.1. The number of ketones is 1. The van der Waals surface area contributed by atoms with E-state index in [1.165, 1.54) is 6.92 Å². The Bertz CT molecular complexity index is 3130. The standard InChI is InChI=1S/C45H60N6O8.C26H48N4O8/c1-12-33(47-41(55)58-44(9,10)11)38-49-37(51-59-38)34(46-40(54)48-36(29(2)56-42(3,4)5)39(53)57-43(6,7)8)28-35(52)50-45(30-22-16-13-17-23-30,31-24-18-14-19-25-31)32-26-20-15-21-27-32;1-15(14-35-24(4,5)6)21(32)38-30-20(27)18(13-16(2)31)28-23(34)29-19(17(3)36-25(7,8)9)22(33)37-26(10,11)12/h13-27,29,33-34,36H,12,28H2,1-11H3,(H,47,55)(H,50,52)(H2,46,48,54);15,17-19H,13-14H2,1-12H3,(H2,27,30)(H2,28,29,34)/t29?,33-,34-,36-;15-,17?,18-,19-/m00/s1. The number of nitrogens with two attached hydrogens (primary N) is 1. The lowest BCUT2D eigenvalue weighted by Crippen LogP contribution is -2.57. The lowest BCUT2D eigenvalue weighted by molar-refractivity contribution is -0.165. The van der Waals surface area contributed by atoms with Crippen LogP contribution in [0.5, 0.6) is 0 Å². The maximum Gasteiger partial charge on any atom is 0.408 e. The molecule has 0 aliphatic rings. The molecule has 0 bridgehead atoms. The first-order valence-electron chi connectivity index (χ1n) is 32.5. The van der Waals surface area contributed by atoms with Crippen molar-refractivity contribution in [3.63, 3.8) is 0 Å². The van der Waals surface area contributed by atoms with E-state index in [4.69, 9.17) is 43.5 Å². The molecule has 97 heavy (non-hydrogen) atoms. The fourth-order valence-electron chi connectivity index (χ4n) is 9.36. The summed E-state index contributed by atoms with van der Waals surface area (Å²) in [4.78, 5) is 114. The molecule has 1 aromatic heterocycles. The minimum absolute atomic E-state index is 0.0343. The number of amidine groups is 1. The molecule has 26 nitrogen and oxygen atoms in total. The molecule has 1 heterocycles. The van der Waals surface area contributed by atoms with E-state index in [-0.39, 0.29) is 42.8 Å². The van der Waals surface area contributed by atoms with Crippen molar-refractivity contribution < 1.29 is 76.1 Å². The molecule has 0 aliphatic carbocycles. The Hall–Kier alpha value is -8.49. The number of oxime groups is 1. The largest absolute Gasteiger partial charge is 0.458 e. The summed E-state index contributed by atoms with van der Waals surface area (Å²) in [6, 6.07) is 21.6. The molecule has 4 aromatic rings. The van der Waals surface area contributed by atoms with Gasteiger partial charge >= 0.3 is 36.1 Å². The first kappa shape index (κ1) is 82.7. The van der Waals surface area contributed by atoms with E-state index < -0.39 is 129 Å². The number of amides is 6. The van der Waals surface area contributed by atoms with Crippen molar-refractivity contribution in [3.05, 3.63) is 119 Å². The maximum atomic E-state index is 14.6. The molecule has 2 unspecified atom stereocenters. The van der Waals surface area contributed by atoms with Crippen LogP contribution in [0.2, 0.25) is 0 Å². The van der Waals surface area contributed by atoms with Crippen molar-refractivity contribution in [2.75, 3.05) is 6.61 Å². The molecule has 26 heteroatoms. The molecular formula is C71H108N10O16. The van der Waals surface area contributed by atoms with E-state index in [0.717, 1.165) is 16.7 Å². The minimum atomic E-state index is -1.24. The summed E-state index contributed by atoms with van der Waals surface area (Å²) in [6.07, 6.45) is -2.50. The predicted molar refractivity (Wildman–Crippen MR) is 366 cm³/mol. The second-order valence-corrected chi connectivity index (χ2v) is 29.6. The van der Waals surface area contributed by atoms with Gasteiger partial charge in [0, 0.05) is 6.42 Å². The van der Waals surface area contributed by atoms with E-state index in [9.17, 15) is 38.4 Å². The van der Waals surface area contributed by atoms with Gasteiger partial charge in [0.2, 0.25) is 11.8 Å². The van der Waals surface area contributed by atoms with Crippen LogP contribution in [0.15, 0.2) is 101 Å². The van der Waals surface area contributed by atoms with E-state index in [1.54, 1.807) is 83.1 Å². The average Bonchev–Trinajstić information content (AvgIpc) is 0.923. The number of aromatic nitrogens is 2. The van der Waals surface area contributed by atoms with Crippen LogP contribution in [0.3, 0.4) is 0 Å². The summed E-state index contributed by atoms with van der Waals surface area (Å²) in [5.74, 6) is -3.84. The zero-order chi connectivity index (χ0) is 73.7. The number of benzene rings is 3. The van der Waals surface area contributed by atoms with Crippen molar-refractivity contribution in [3.8, 4) is 0 Å². The number of hydrogen-bond acceptors (Lipinski definition) is 19. The number of nitrogens with zero attached hydrogens (tertiary/aromatic N) is 3. The van der Waals surface area contributed by atoms with Crippen molar-refractivity contribution in [1.82, 2.24) is 42.0 Å². The Balaban J connectivity index is 0.000000559. The van der Waals surface area contributed by atoms with E-state index in [0.29, 0.717) is 6.42 Å². The fraction of sp³-hybridized carbons (Fsp3) is 0.592. The third-order valence-corrected chi connectivity index (χ3v) is 13.3. The summed E-state index contributed by atoms with van der Waals surface area (Å²) in [6.45, 7) is 40.2. The van der Waals surface area contributed by atoms with E-state index in [2.05, 4.69) is 47.2 Å².